The lowest BCUT2D eigenvalue weighted by molar-refractivity contribution is -0.130. The lowest BCUT2D eigenvalue weighted by atomic mass is 10.0. The fourth-order valence-corrected chi connectivity index (χ4v) is 2.39. The van der Waals surface area contributed by atoms with Crippen LogP contribution < -0.4 is 5.32 Å². The Morgan fingerprint density at radius 2 is 2.14 bits per heavy atom. The number of anilines is 1. The van der Waals surface area contributed by atoms with Gasteiger partial charge in [-0.25, -0.2) is 9.80 Å². The summed E-state index contributed by atoms with van der Waals surface area (Å²) in [4.78, 5) is 23.5. The van der Waals surface area contributed by atoms with E-state index in [-0.39, 0.29) is 18.4 Å². The second kappa shape index (κ2) is 6.98. The fraction of sp³-hybridized carbons (Fsp3) is 0.357. The van der Waals surface area contributed by atoms with Gasteiger partial charge in [-0.2, -0.15) is 5.10 Å². The summed E-state index contributed by atoms with van der Waals surface area (Å²) in [5, 5.41) is 8.63. The molecule has 1 aromatic carbocycles. The van der Waals surface area contributed by atoms with E-state index < -0.39 is 6.09 Å². The van der Waals surface area contributed by atoms with E-state index in [1.807, 2.05) is 0 Å². The van der Waals surface area contributed by atoms with Gasteiger partial charge in [0.05, 0.1) is 22.6 Å². The Balaban J connectivity index is 1.80. The molecular formula is C14H15Cl2N3O3. The maximum absolute atomic E-state index is 11.8. The minimum Gasteiger partial charge on any atom is -0.449 e. The highest BCUT2D eigenvalue weighted by molar-refractivity contribution is 6.42. The number of halogens is 2. The Morgan fingerprint density at radius 3 is 2.73 bits per heavy atom. The Labute approximate surface area is 138 Å². The Morgan fingerprint density at radius 1 is 1.41 bits per heavy atom. The zero-order valence-electron chi connectivity index (χ0n) is 12.1. The number of hydrazone groups is 1. The predicted octanol–water partition coefficient (Wildman–Crippen LogP) is 3.40. The number of ether oxygens (including phenoxy) is 1. The van der Waals surface area contributed by atoms with Crippen molar-refractivity contribution in [1.82, 2.24) is 5.01 Å². The molecule has 0 aliphatic carbocycles. The lowest BCUT2D eigenvalue weighted by Crippen LogP contribution is -2.26. The Bertz CT molecular complexity index is 634. The number of carbonyl (C=O) groups excluding carboxylic acids is 2. The van der Waals surface area contributed by atoms with Gasteiger partial charge in [0.15, 0.2) is 0 Å². The number of nitrogens with one attached hydrogen (secondary N) is 1. The maximum Gasteiger partial charge on any atom is 0.411 e. The molecule has 8 heteroatoms. The van der Waals surface area contributed by atoms with Crippen LogP contribution in [0, 0.1) is 5.92 Å². The summed E-state index contributed by atoms with van der Waals surface area (Å²) in [5.74, 6) is -0.422. The smallest absolute Gasteiger partial charge is 0.411 e. The number of hydrogen-bond acceptors (Lipinski definition) is 4. The predicted molar refractivity (Wildman–Crippen MR) is 85.4 cm³/mol. The van der Waals surface area contributed by atoms with Crippen LogP contribution in [0.4, 0.5) is 10.5 Å². The molecule has 1 aliphatic heterocycles. The van der Waals surface area contributed by atoms with Crippen LogP contribution in [-0.4, -0.2) is 36.4 Å². The van der Waals surface area contributed by atoms with Gasteiger partial charge in [-0.15, -0.1) is 0 Å². The number of hydrogen-bond donors (Lipinski definition) is 1. The Kier molecular flexibility index (Phi) is 5.26. The molecule has 6 nitrogen and oxygen atoms in total. The highest BCUT2D eigenvalue weighted by Gasteiger charge is 2.30. The minimum absolute atomic E-state index is 0.0917. The summed E-state index contributed by atoms with van der Waals surface area (Å²) in [6.45, 7) is 1.89. The van der Waals surface area contributed by atoms with Gasteiger partial charge >= 0.3 is 6.09 Å². The summed E-state index contributed by atoms with van der Waals surface area (Å²) in [7, 11) is 1.60. The lowest BCUT2D eigenvalue weighted by Gasteiger charge is -2.11. The van der Waals surface area contributed by atoms with Gasteiger partial charge in [0, 0.05) is 18.4 Å². The molecule has 0 radical (unpaired) electrons. The summed E-state index contributed by atoms with van der Waals surface area (Å²) in [6, 6.07) is 4.71. The van der Waals surface area contributed by atoms with Gasteiger partial charge in [0.1, 0.15) is 0 Å². The van der Waals surface area contributed by atoms with Gasteiger partial charge in [0.25, 0.3) is 5.91 Å². The molecule has 1 unspecified atom stereocenters. The zero-order valence-corrected chi connectivity index (χ0v) is 13.6. The number of nitrogens with zero attached hydrogens (tertiary/aromatic N) is 2. The second-order valence-electron chi connectivity index (χ2n) is 4.83. The number of rotatable bonds is 4. The van der Waals surface area contributed by atoms with Gasteiger partial charge in [0.2, 0.25) is 0 Å². The van der Waals surface area contributed by atoms with Gasteiger partial charge in [-0.05, 0) is 31.5 Å². The van der Waals surface area contributed by atoms with E-state index >= 15 is 0 Å². The van der Waals surface area contributed by atoms with Crippen molar-refractivity contribution in [2.24, 2.45) is 11.0 Å². The first kappa shape index (κ1) is 16.6. The van der Waals surface area contributed by atoms with E-state index in [0.717, 1.165) is 5.71 Å². The van der Waals surface area contributed by atoms with Crippen LogP contribution in [0.2, 0.25) is 10.0 Å². The van der Waals surface area contributed by atoms with Gasteiger partial charge in [-0.3, -0.25) is 10.1 Å². The van der Waals surface area contributed by atoms with Gasteiger partial charge in [-0.1, -0.05) is 23.2 Å². The van der Waals surface area contributed by atoms with Crippen LogP contribution >= 0.6 is 23.2 Å². The van der Waals surface area contributed by atoms with Crippen LogP contribution in [0.25, 0.3) is 0 Å². The van der Waals surface area contributed by atoms with Crippen molar-refractivity contribution in [3.8, 4) is 0 Å². The summed E-state index contributed by atoms with van der Waals surface area (Å²) in [6.07, 6.45) is -0.223. The molecule has 118 valence electrons. The average molecular weight is 344 g/mol. The van der Waals surface area contributed by atoms with Crippen LogP contribution in [0.1, 0.15) is 13.3 Å². The Hall–Kier alpha value is -1.79. The number of benzene rings is 1. The fourth-order valence-electron chi connectivity index (χ4n) is 2.09. The quantitative estimate of drug-likeness (QED) is 0.910. The van der Waals surface area contributed by atoms with Crippen LogP contribution in [0.5, 0.6) is 0 Å². The second-order valence-corrected chi connectivity index (χ2v) is 5.65. The SMILES string of the molecule is CC1=NN(C)C(=O)C1CCOC(=O)Nc1ccc(Cl)c(Cl)c1. The van der Waals surface area contributed by atoms with E-state index in [4.69, 9.17) is 27.9 Å². The van der Waals surface area contributed by atoms with E-state index in [0.29, 0.717) is 22.2 Å². The molecule has 22 heavy (non-hydrogen) atoms. The third-order valence-corrected chi connectivity index (χ3v) is 3.97. The topological polar surface area (TPSA) is 71.0 Å². The third kappa shape index (κ3) is 3.90. The van der Waals surface area contributed by atoms with Crippen molar-refractivity contribution in [1.29, 1.82) is 0 Å². The monoisotopic (exact) mass is 343 g/mol. The molecule has 1 heterocycles. The molecule has 0 fully saturated rings. The van der Waals surface area contributed by atoms with Crippen molar-refractivity contribution in [3.63, 3.8) is 0 Å². The van der Waals surface area contributed by atoms with E-state index in [2.05, 4.69) is 10.4 Å². The zero-order chi connectivity index (χ0) is 16.3. The van der Waals surface area contributed by atoms with Crippen molar-refractivity contribution in [2.45, 2.75) is 13.3 Å². The van der Waals surface area contributed by atoms with Crippen LogP contribution in [0.15, 0.2) is 23.3 Å². The summed E-state index contributed by atoms with van der Waals surface area (Å²) in [5.41, 5.74) is 1.20. The molecule has 0 spiro atoms. The van der Waals surface area contributed by atoms with Crippen molar-refractivity contribution < 1.29 is 14.3 Å². The molecule has 0 aromatic heterocycles. The molecule has 1 atom stereocenters. The average Bonchev–Trinajstić information content (AvgIpc) is 2.69. The molecule has 0 bridgehead atoms. The summed E-state index contributed by atoms with van der Waals surface area (Å²) < 4.78 is 5.06. The first-order chi connectivity index (χ1) is 10.4. The van der Waals surface area contributed by atoms with E-state index in [9.17, 15) is 9.59 Å². The number of carbonyl (C=O) groups is 2. The molecule has 2 rings (SSSR count). The van der Waals surface area contributed by atoms with E-state index in [1.54, 1.807) is 26.1 Å². The molecule has 0 saturated carbocycles. The van der Waals surface area contributed by atoms with Crippen molar-refractivity contribution in [3.05, 3.63) is 28.2 Å². The largest absolute Gasteiger partial charge is 0.449 e. The van der Waals surface area contributed by atoms with Gasteiger partial charge < -0.3 is 4.74 Å². The van der Waals surface area contributed by atoms with Crippen molar-refractivity contribution >= 4 is 46.6 Å². The highest BCUT2D eigenvalue weighted by Crippen LogP contribution is 2.25. The maximum atomic E-state index is 11.8. The van der Waals surface area contributed by atoms with Crippen molar-refractivity contribution in [2.75, 3.05) is 19.0 Å². The van der Waals surface area contributed by atoms with Crippen LogP contribution in [0.3, 0.4) is 0 Å². The standard InChI is InChI=1S/C14H15Cl2N3O3/c1-8-10(13(20)19(2)18-8)5-6-22-14(21)17-9-3-4-11(15)12(16)7-9/h3-4,7,10H,5-6H2,1-2H3,(H,17,21). The van der Waals surface area contributed by atoms with Crippen LogP contribution in [-0.2, 0) is 9.53 Å². The normalized spacial score (nSPS) is 17.5. The molecule has 1 aromatic rings. The number of amides is 2. The first-order valence-electron chi connectivity index (χ1n) is 6.60. The first-order valence-corrected chi connectivity index (χ1v) is 7.35. The molecular weight excluding hydrogens is 329 g/mol. The molecule has 2 amide bonds. The molecule has 1 aliphatic rings. The summed E-state index contributed by atoms with van der Waals surface area (Å²) >= 11 is 11.6. The molecule has 0 saturated heterocycles. The highest BCUT2D eigenvalue weighted by atomic mass is 35.5. The molecule has 1 N–H and O–H groups in total. The third-order valence-electron chi connectivity index (χ3n) is 3.23. The minimum atomic E-state index is -0.619. The van der Waals surface area contributed by atoms with E-state index in [1.165, 1.54) is 11.1 Å².